The molecular weight excluding hydrogens is 436 g/mol. The summed E-state index contributed by atoms with van der Waals surface area (Å²) in [6.07, 6.45) is 1.18. The minimum absolute atomic E-state index is 0.135. The third-order valence-corrected chi connectivity index (χ3v) is 6.35. The number of oxazole rings is 1. The lowest BCUT2D eigenvalue weighted by Crippen LogP contribution is -2.34. The van der Waals surface area contributed by atoms with Gasteiger partial charge in [0.15, 0.2) is 11.0 Å². The highest BCUT2D eigenvalue weighted by molar-refractivity contribution is 7.14. The maximum absolute atomic E-state index is 12.6. The van der Waals surface area contributed by atoms with Gasteiger partial charge in [-0.3, -0.25) is 14.9 Å². The van der Waals surface area contributed by atoms with Crippen molar-refractivity contribution in [2.45, 2.75) is 33.2 Å². The van der Waals surface area contributed by atoms with Gasteiger partial charge in [0.25, 0.3) is 5.91 Å². The van der Waals surface area contributed by atoms with Crippen LogP contribution in [0.15, 0.2) is 58.3 Å². The Morgan fingerprint density at radius 3 is 2.70 bits per heavy atom. The topological polar surface area (TPSA) is 88.3 Å². The van der Waals surface area contributed by atoms with Gasteiger partial charge in [-0.15, -0.1) is 11.3 Å². The molecule has 0 unspecified atom stereocenters. The van der Waals surface area contributed by atoms with Crippen LogP contribution in [0.25, 0.3) is 11.3 Å². The normalized spacial score (nSPS) is 13.2. The van der Waals surface area contributed by atoms with Crippen molar-refractivity contribution >= 4 is 34.0 Å². The van der Waals surface area contributed by atoms with Crippen LogP contribution in [0.1, 0.15) is 39.7 Å². The summed E-state index contributed by atoms with van der Waals surface area (Å²) in [6.45, 7) is 3.99. The van der Waals surface area contributed by atoms with E-state index in [-0.39, 0.29) is 17.6 Å². The molecule has 7 nitrogen and oxygen atoms in total. The molecule has 1 N–H and O–H groups in total. The molecule has 5 rings (SSSR count). The van der Waals surface area contributed by atoms with Gasteiger partial charge in [0.05, 0.1) is 17.9 Å². The molecule has 8 heteroatoms. The minimum Gasteiger partial charge on any atom is -0.436 e. The fraction of sp³-hybridized carbons (Fsp3) is 0.200. The van der Waals surface area contributed by atoms with E-state index in [0.717, 1.165) is 28.1 Å². The molecule has 0 saturated heterocycles. The van der Waals surface area contributed by atoms with Crippen LogP contribution in [-0.2, 0) is 17.8 Å². The smallest absolute Gasteiger partial charge is 0.295 e. The lowest BCUT2D eigenvalue weighted by atomic mass is 9.97. The van der Waals surface area contributed by atoms with Gasteiger partial charge in [-0.2, -0.15) is 0 Å². The summed E-state index contributed by atoms with van der Waals surface area (Å²) >= 11 is 1.35. The zero-order chi connectivity index (χ0) is 22.9. The first kappa shape index (κ1) is 21.1. The molecule has 2 aromatic carbocycles. The zero-order valence-electron chi connectivity index (χ0n) is 18.3. The second-order valence-corrected chi connectivity index (χ2v) is 8.81. The average molecular weight is 459 g/mol. The number of hydrogen-bond acceptors (Lipinski definition) is 6. The molecule has 0 fully saturated rings. The van der Waals surface area contributed by atoms with E-state index in [1.165, 1.54) is 11.3 Å². The van der Waals surface area contributed by atoms with Gasteiger partial charge in [-0.05, 0) is 36.6 Å². The quantitative estimate of drug-likeness (QED) is 0.447. The van der Waals surface area contributed by atoms with Gasteiger partial charge in [0.2, 0.25) is 11.7 Å². The molecule has 1 aliphatic rings. The van der Waals surface area contributed by atoms with E-state index in [4.69, 9.17) is 4.42 Å². The number of carbonyl (C=O) groups excluding carboxylic acids is 2. The van der Waals surface area contributed by atoms with Crippen LogP contribution in [0.4, 0.5) is 10.8 Å². The number of amides is 2. The Kier molecular flexibility index (Phi) is 5.51. The zero-order valence-corrected chi connectivity index (χ0v) is 19.1. The van der Waals surface area contributed by atoms with E-state index in [1.807, 2.05) is 52.7 Å². The fourth-order valence-electron chi connectivity index (χ4n) is 4.02. The monoisotopic (exact) mass is 458 g/mol. The van der Waals surface area contributed by atoms with E-state index >= 15 is 0 Å². The number of aryl methyl sites for hydroxylation is 3. The number of fused-ring (bicyclic) bond motifs is 1. The molecule has 1 aliphatic heterocycles. The predicted octanol–water partition coefficient (Wildman–Crippen LogP) is 5.15. The van der Waals surface area contributed by atoms with E-state index < -0.39 is 0 Å². The number of rotatable bonds is 5. The SMILES string of the molecule is Cc1nc(C)c(C(=O)Nc2nc(-c3ccc4c(c3)CCC(=O)N4Cc3ccccc3)cs2)o1. The van der Waals surface area contributed by atoms with Crippen LogP contribution < -0.4 is 10.2 Å². The summed E-state index contributed by atoms with van der Waals surface area (Å²) in [5.74, 6) is 0.415. The Morgan fingerprint density at radius 1 is 1.12 bits per heavy atom. The Balaban J connectivity index is 1.36. The highest BCUT2D eigenvalue weighted by atomic mass is 32.1. The van der Waals surface area contributed by atoms with Gasteiger partial charge in [0.1, 0.15) is 0 Å². The molecule has 0 aliphatic carbocycles. The first-order valence-corrected chi connectivity index (χ1v) is 11.5. The van der Waals surface area contributed by atoms with Crippen LogP contribution in [0.5, 0.6) is 0 Å². The highest BCUT2D eigenvalue weighted by Crippen LogP contribution is 2.34. The average Bonchev–Trinajstić information content (AvgIpc) is 3.41. The van der Waals surface area contributed by atoms with Crippen molar-refractivity contribution in [3.05, 3.63) is 82.4 Å². The number of hydrogen-bond donors (Lipinski definition) is 1. The van der Waals surface area contributed by atoms with Gasteiger partial charge >= 0.3 is 0 Å². The third-order valence-electron chi connectivity index (χ3n) is 5.59. The second-order valence-electron chi connectivity index (χ2n) is 7.95. The first-order chi connectivity index (χ1) is 16.0. The summed E-state index contributed by atoms with van der Waals surface area (Å²) < 4.78 is 5.38. The fourth-order valence-corrected chi connectivity index (χ4v) is 4.73. The number of anilines is 2. The van der Waals surface area contributed by atoms with Crippen LogP contribution in [0.2, 0.25) is 0 Å². The number of aromatic nitrogens is 2. The Labute approximate surface area is 195 Å². The van der Waals surface area contributed by atoms with E-state index in [9.17, 15) is 9.59 Å². The van der Waals surface area contributed by atoms with Gasteiger partial charge in [-0.25, -0.2) is 9.97 Å². The van der Waals surface area contributed by atoms with Crippen molar-refractivity contribution in [1.29, 1.82) is 0 Å². The largest absolute Gasteiger partial charge is 0.436 e. The molecule has 0 radical (unpaired) electrons. The van der Waals surface area contributed by atoms with Gasteiger partial charge in [-0.1, -0.05) is 36.4 Å². The van der Waals surface area contributed by atoms with Crippen LogP contribution in [-0.4, -0.2) is 21.8 Å². The maximum Gasteiger partial charge on any atom is 0.295 e. The van der Waals surface area contributed by atoms with Crippen LogP contribution >= 0.6 is 11.3 Å². The van der Waals surface area contributed by atoms with E-state index in [0.29, 0.717) is 36.1 Å². The van der Waals surface area contributed by atoms with Crippen molar-refractivity contribution in [3.63, 3.8) is 0 Å². The Hall–Kier alpha value is -3.78. The number of benzene rings is 2. The molecule has 0 atom stereocenters. The molecule has 166 valence electrons. The molecular formula is C25H22N4O3S. The molecule has 4 aromatic rings. The van der Waals surface area contributed by atoms with Crippen molar-refractivity contribution in [2.24, 2.45) is 0 Å². The van der Waals surface area contributed by atoms with E-state index in [2.05, 4.69) is 21.4 Å². The van der Waals surface area contributed by atoms with Gasteiger partial charge < -0.3 is 9.32 Å². The molecule has 2 aromatic heterocycles. The molecule has 2 amide bonds. The van der Waals surface area contributed by atoms with E-state index in [1.54, 1.807) is 13.8 Å². The number of nitrogens with one attached hydrogen (secondary N) is 1. The first-order valence-electron chi connectivity index (χ1n) is 10.7. The van der Waals surface area contributed by atoms with Crippen molar-refractivity contribution in [2.75, 3.05) is 10.2 Å². The maximum atomic E-state index is 12.6. The summed E-state index contributed by atoms with van der Waals surface area (Å²) in [4.78, 5) is 35.7. The van der Waals surface area contributed by atoms with Crippen LogP contribution in [0.3, 0.4) is 0 Å². The van der Waals surface area contributed by atoms with Crippen molar-refractivity contribution in [3.8, 4) is 11.3 Å². The minimum atomic E-state index is -0.366. The van der Waals surface area contributed by atoms with Crippen molar-refractivity contribution < 1.29 is 14.0 Å². The number of thiazole rings is 1. The van der Waals surface area contributed by atoms with Crippen LogP contribution in [0, 0.1) is 13.8 Å². The van der Waals surface area contributed by atoms with Gasteiger partial charge in [0, 0.05) is 30.0 Å². The predicted molar refractivity (Wildman–Crippen MR) is 127 cm³/mol. The Bertz CT molecular complexity index is 1340. The Morgan fingerprint density at radius 2 is 1.94 bits per heavy atom. The third kappa shape index (κ3) is 4.29. The molecule has 0 saturated carbocycles. The summed E-state index contributed by atoms with van der Waals surface area (Å²) in [7, 11) is 0. The number of carbonyl (C=O) groups is 2. The highest BCUT2D eigenvalue weighted by Gasteiger charge is 2.25. The summed E-state index contributed by atoms with van der Waals surface area (Å²) in [5, 5.41) is 5.18. The lowest BCUT2D eigenvalue weighted by molar-refractivity contribution is -0.119. The standard InChI is InChI=1S/C25H22N4O3S/c1-15-23(32-16(2)26-15)24(31)28-25-27-20(14-33-25)18-8-10-21-19(12-18)9-11-22(30)29(21)13-17-6-4-3-5-7-17/h3-8,10,12,14H,9,11,13H2,1-2H3,(H,27,28,31). The summed E-state index contributed by atoms with van der Waals surface area (Å²) in [5.41, 5.74) is 5.43. The molecule has 0 bridgehead atoms. The van der Waals surface area contributed by atoms with Crippen molar-refractivity contribution in [1.82, 2.24) is 9.97 Å². The molecule has 3 heterocycles. The summed E-state index contributed by atoms with van der Waals surface area (Å²) in [6, 6.07) is 16.0. The second kappa shape index (κ2) is 8.63. The lowest BCUT2D eigenvalue weighted by Gasteiger charge is -2.30. The number of nitrogens with zero attached hydrogens (tertiary/aromatic N) is 3. The molecule has 33 heavy (non-hydrogen) atoms. The molecule has 0 spiro atoms.